The molecule has 7 nitrogen and oxygen atoms in total. The average Bonchev–Trinajstić information content (AvgIpc) is 2.74. The maximum Gasteiger partial charge on any atom is 0.338 e. The number of para-hydroxylation sites is 1. The fourth-order valence-electron chi connectivity index (χ4n) is 3.23. The van der Waals surface area contributed by atoms with Crippen LogP contribution >= 0.6 is 11.6 Å². The average molecular weight is 431 g/mol. The third-order valence-electron chi connectivity index (χ3n) is 4.69. The van der Waals surface area contributed by atoms with Gasteiger partial charge < -0.3 is 19.5 Å². The Morgan fingerprint density at radius 1 is 1.20 bits per heavy atom. The second-order valence-corrected chi connectivity index (χ2v) is 6.95. The van der Waals surface area contributed by atoms with Crippen LogP contribution in [0.2, 0.25) is 5.02 Å². The molecule has 30 heavy (non-hydrogen) atoms. The number of urea groups is 1. The zero-order chi connectivity index (χ0) is 21.7. The van der Waals surface area contributed by atoms with Gasteiger partial charge in [0.15, 0.2) is 0 Å². The van der Waals surface area contributed by atoms with E-state index >= 15 is 0 Å². The lowest BCUT2D eigenvalue weighted by atomic mass is 9.94. The van der Waals surface area contributed by atoms with Crippen LogP contribution in [0.4, 0.5) is 4.79 Å². The van der Waals surface area contributed by atoms with Gasteiger partial charge in [-0.25, -0.2) is 9.59 Å². The highest BCUT2D eigenvalue weighted by molar-refractivity contribution is 6.30. The number of nitrogens with zero attached hydrogens (tertiary/aromatic N) is 1. The van der Waals surface area contributed by atoms with Gasteiger partial charge in [0.25, 0.3) is 0 Å². The summed E-state index contributed by atoms with van der Waals surface area (Å²) in [5, 5.41) is 3.38. The first-order chi connectivity index (χ1) is 14.5. The third kappa shape index (κ3) is 4.52. The first-order valence-electron chi connectivity index (χ1n) is 9.42. The van der Waals surface area contributed by atoms with E-state index in [1.807, 2.05) is 12.1 Å². The van der Waals surface area contributed by atoms with E-state index in [2.05, 4.69) is 5.32 Å². The van der Waals surface area contributed by atoms with Gasteiger partial charge in [-0.1, -0.05) is 35.9 Å². The van der Waals surface area contributed by atoms with Crippen LogP contribution in [-0.2, 0) is 9.53 Å². The van der Waals surface area contributed by atoms with Crippen LogP contribution in [-0.4, -0.2) is 44.3 Å². The van der Waals surface area contributed by atoms with Crippen LogP contribution in [0.25, 0.3) is 0 Å². The molecule has 0 bridgehead atoms. The molecule has 0 saturated heterocycles. The van der Waals surface area contributed by atoms with Gasteiger partial charge in [-0.2, -0.15) is 0 Å². The second kappa shape index (κ2) is 9.54. The van der Waals surface area contributed by atoms with E-state index in [1.165, 1.54) is 12.0 Å². The molecule has 2 aromatic rings. The Labute approximate surface area is 180 Å². The molecular weight excluding hydrogens is 408 g/mol. The smallest absolute Gasteiger partial charge is 0.338 e. The standard InChI is InChI=1S/C22H23ClN2O5/c1-4-29-21(26)19-17(13-30-15-9-7-8-14(23)12-15)25(2)22(27)24-20(19)16-10-5-6-11-18(16)28-3/h5-12,20H,4,13H2,1-3H3,(H,24,27)/t20-/m0/s1. The van der Waals surface area contributed by atoms with Gasteiger partial charge in [0.2, 0.25) is 0 Å². The first kappa shape index (κ1) is 21.5. The molecule has 2 amide bonds. The molecule has 1 aliphatic rings. The van der Waals surface area contributed by atoms with Gasteiger partial charge in [0.05, 0.1) is 31.0 Å². The molecule has 1 heterocycles. The van der Waals surface area contributed by atoms with Crippen molar-refractivity contribution in [3.05, 3.63) is 70.4 Å². The fourth-order valence-corrected chi connectivity index (χ4v) is 3.41. The molecule has 0 aliphatic carbocycles. The normalized spacial score (nSPS) is 16.2. The van der Waals surface area contributed by atoms with E-state index in [0.29, 0.717) is 27.8 Å². The number of hydrogen-bond acceptors (Lipinski definition) is 5. The van der Waals surface area contributed by atoms with Crippen LogP contribution in [0, 0.1) is 0 Å². The first-order valence-corrected chi connectivity index (χ1v) is 9.79. The van der Waals surface area contributed by atoms with Crippen LogP contribution in [0.5, 0.6) is 11.5 Å². The monoisotopic (exact) mass is 430 g/mol. The highest BCUT2D eigenvalue weighted by Crippen LogP contribution is 2.35. The van der Waals surface area contributed by atoms with Crippen molar-refractivity contribution in [2.24, 2.45) is 0 Å². The summed E-state index contributed by atoms with van der Waals surface area (Å²) in [7, 11) is 3.11. The van der Waals surface area contributed by atoms with Gasteiger partial charge in [-0.05, 0) is 31.2 Å². The minimum absolute atomic E-state index is 0.0238. The Balaban J connectivity index is 2.07. The molecule has 0 spiro atoms. The van der Waals surface area contributed by atoms with Crippen molar-refractivity contribution in [3.63, 3.8) is 0 Å². The molecule has 0 saturated carbocycles. The van der Waals surface area contributed by atoms with E-state index in [-0.39, 0.29) is 24.8 Å². The molecule has 0 fully saturated rings. The van der Waals surface area contributed by atoms with Crippen molar-refractivity contribution in [3.8, 4) is 11.5 Å². The number of nitrogens with one attached hydrogen (secondary N) is 1. The molecule has 0 unspecified atom stereocenters. The lowest BCUT2D eigenvalue weighted by Crippen LogP contribution is -2.48. The molecule has 1 aliphatic heterocycles. The van der Waals surface area contributed by atoms with E-state index in [9.17, 15) is 9.59 Å². The lowest BCUT2D eigenvalue weighted by Gasteiger charge is -2.34. The number of benzene rings is 2. The van der Waals surface area contributed by atoms with E-state index in [0.717, 1.165) is 0 Å². The Hall–Kier alpha value is -3.19. The molecule has 8 heteroatoms. The van der Waals surface area contributed by atoms with Crippen molar-refractivity contribution in [2.75, 3.05) is 27.4 Å². The van der Waals surface area contributed by atoms with Crippen molar-refractivity contribution in [2.45, 2.75) is 13.0 Å². The van der Waals surface area contributed by atoms with Crippen LogP contribution in [0.15, 0.2) is 59.8 Å². The molecule has 0 radical (unpaired) electrons. The summed E-state index contributed by atoms with van der Waals surface area (Å²) in [6, 6.07) is 13.0. The number of rotatable bonds is 7. The van der Waals surface area contributed by atoms with Gasteiger partial charge in [0, 0.05) is 17.6 Å². The molecule has 1 N–H and O–H groups in total. The van der Waals surface area contributed by atoms with Crippen LogP contribution in [0.1, 0.15) is 18.5 Å². The Kier molecular flexibility index (Phi) is 6.84. The summed E-state index contributed by atoms with van der Waals surface area (Å²) < 4.78 is 16.6. The summed E-state index contributed by atoms with van der Waals surface area (Å²) in [6.45, 7) is 1.90. The summed E-state index contributed by atoms with van der Waals surface area (Å²) >= 11 is 6.02. The number of amides is 2. The van der Waals surface area contributed by atoms with Crippen LogP contribution < -0.4 is 14.8 Å². The van der Waals surface area contributed by atoms with E-state index < -0.39 is 12.0 Å². The van der Waals surface area contributed by atoms with Gasteiger partial charge in [0.1, 0.15) is 18.1 Å². The summed E-state index contributed by atoms with van der Waals surface area (Å²) in [5.41, 5.74) is 1.32. The van der Waals surface area contributed by atoms with E-state index in [1.54, 1.807) is 50.4 Å². The number of esters is 1. The molecule has 2 aromatic carbocycles. The second-order valence-electron chi connectivity index (χ2n) is 6.51. The van der Waals surface area contributed by atoms with E-state index in [4.69, 9.17) is 25.8 Å². The quantitative estimate of drug-likeness (QED) is 0.673. The summed E-state index contributed by atoms with van der Waals surface area (Å²) in [6.07, 6.45) is 0. The molecular formula is C22H23ClN2O5. The van der Waals surface area contributed by atoms with Crippen molar-refractivity contribution < 1.29 is 23.8 Å². The van der Waals surface area contributed by atoms with Crippen LogP contribution in [0.3, 0.4) is 0 Å². The van der Waals surface area contributed by atoms with Crippen molar-refractivity contribution in [1.29, 1.82) is 0 Å². The Morgan fingerprint density at radius 3 is 2.67 bits per heavy atom. The third-order valence-corrected chi connectivity index (χ3v) is 4.93. The predicted molar refractivity (Wildman–Crippen MR) is 113 cm³/mol. The highest BCUT2D eigenvalue weighted by atomic mass is 35.5. The fraction of sp³-hybridized carbons (Fsp3) is 0.273. The molecule has 3 rings (SSSR count). The number of methoxy groups -OCH3 is 1. The van der Waals surface area contributed by atoms with Gasteiger partial charge in [-0.15, -0.1) is 0 Å². The van der Waals surface area contributed by atoms with Crippen molar-refractivity contribution >= 4 is 23.6 Å². The number of ether oxygens (including phenoxy) is 3. The van der Waals surface area contributed by atoms with Gasteiger partial charge >= 0.3 is 12.0 Å². The summed E-state index contributed by atoms with van der Waals surface area (Å²) in [4.78, 5) is 27.0. The Morgan fingerprint density at radius 2 is 1.97 bits per heavy atom. The number of hydrogen-bond donors (Lipinski definition) is 1. The minimum atomic E-state index is -0.748. The lowest BCUT2D eigenvalue weighted by molar-refractivity contribution is -0.139. The maximum absolute atomic E-state index is 12.9. The summed E-state index contributed by atoms with van der Waals surface area (Å²) in [5.74, 6) is 0.528. The van der Waals surface area contributed by atoms with Crippen molar-refractivity contribution in [1.82, 2.24) is 10.2 Å². The predicted octanol–water partition coefficient (Wildman–Crippen LogP) is 3.94. The SMILES string of the molecule is CCOC(=O)C1=C(COc2cccc(Cl)c2)N(C)C(=O)N[C@H]1c1ccccc1OC. The zero-order valence-electron chi connectivity index (χ0n) is 17.0. The largest absolute Gasteiger partial charge is 0.496 e. The Bertz CT molecular complexity index is 976. The minimum Gasteiger partial charge on any atom is -0.496 e. The number of likely N-dealkylation sites (N-methyl/N-ethyl adjacent to an activating group) is 1. The number of halogens is 1. The molecule has 0 aromatic heterocycles. The zero-order valence-corrected chi connectivity index (χ0v) is 17.7. The topological polar surface area (TPSA) is 77.1 Å². The molecule has 158 valence electrons. The highest BCUT2D eigenvalue weighted by Gasteiger charge is 2.38. The van der Waals surface area contributed by atoms with Gasteiger partial charge in [-0.3, -0.25) is 4.90 Å². The molecule has 1 atom stereocenters. The maximum atomic E-state index is 12.9. The number of carbonyl (C=O) groups excluding carboxylic acids is 2. The number of carbonyl (C=O) groups is 2.